The molecule has 1 amide bonds. The monoisotopic (exact) mass is 538 g/mol. The second-order valence-electron chi connectivity index (χ2n) is 7.87. The normalized spacial score (nSPS) is 16.2. The van der Waals surface area contributed by atoms with E-state index in [9.17, 15) is 18.0 Å². The number of hydrogen-bond donors (Lipinski definition) is 1. The summed E-state index contributed by atoms with van der Waals surface area (Å²) in [5.74, 6) is -0.177. The van der Waals surface area contributed by atoms with Gasteiger partial charge in [-0.05, 0) is 68.1 Å². The van der Waals surface area contributed by atoms with Gasteiger partial charge in [-0.1, -0.05) is 22.9 Å². The molecular weight excluding hydrogens is 512 g/mol. The summed E-state index contributed by atoms with van der Waals surface area (Å²) in [7, 11) is -3.93. The Balaban J connectivity index is 1.62. The van der Waals surface area contributed by atoms with Crippen LogP contribution in [-0.4, -0.2) is 51.5 Å². The second-order valence-corrected chi connectivity index (χ2v) is 10.4. The Hall–Kier alpha value is -2.59. The minimum atomic E-state index is -3.93. The number of likely N-dealkylation sites (tertiary alicyclic amines) is 1. The maximum Gasteiger partial charge on any atom is 0.338 e. The molecule has 0 spiro atoms. The second kappa shape index (κ2) is 11.0. The Kier molecular flexibility index (Phi) is 8.36. The summed E-state index contributed by atoms with van der Waals surface area (Å²) in [5, 5.41) is 0. The summed E-state index contributed by atoms with van der Waals surface area (Å²) < 4.78 is 39.4. The Morgan fingerprint density at radius 2 is 1.91 bits per heavy atom. The van der Waals surface area contributed by atoms with Gasteiger partial charge in [0.1, 0.15) is 10.6 Å². The lowest BCUT2D eigenvalue weighted by Gasteiger charge is -2.30. The van der Waals surface area contributed by atoms with E-state index in [1.54, 1.807) is 24.0 Å². The summed E-state index contributed by atoms with van der Waals surface area (Å²) in [5.41, 5.74) is 0.488. The number of piperidine rings is 1. The van der Waals surface area contributed by atoms with Crippen molar-refractivity contribution >= 4 is 43.5 Å². The molecule has 33 heavy (non-hydrogen) atoms. The van der Waals surface area contributed by atoms with Gasteiger partial charge < -0.3 is 14.4 Å². The standard InChI is InChI=1S/C23H27BrN2O6S/c1-3-31-20-11-8-18(24)13-21(20)33(29,30)25-19-9-6-17(7-10-19)23(28)32-15-22(27)26-12-4-5-16(2)14-26/h6-11,13,16,25H,3-5,12,14-15H2,1-2H3. The van der Waals surface area contributed by atoms with Gasteiger partial charge in [-0.25, -0.2) is 13.2 Å². The van der Waals surface area contributed by atoms with E-state index in [1.165, 1.54) is 30.3 Å². The maximum absolute atomic E-state index is 12.9. The Bertz CT molecular complexity index is 1100. The fraction of sp³-hybridized carbons (Fsp3) is 0.391. The zero-order valence-corrected chi connectivity index (χ0v) is 20.9. The molecule has 1 saturated heterocycles. The van der Waals surface area contributed by atoms with Crippen LogP contribution >= 0.6 is 15.9 Å². The predicted molar refractivity (Wildman–Crippen MR) is 128 cm³/mol. The molecule has 2 aromatic carbocycles. The molecule has 2 aromatic rings. The highest BCUT2D eigenvalue weighted by molar-refractivity contribution is 9.10. The maximum atomic E-state index is 12.9. The van der Waals surface area contributed by atoms with E-state index in [2.05, 4.69) is 27.6 Å². The molecular formula is C23H27BrN2O6S. The Morgan fingerprint density at radius 1 is 1.18 bits per heavy atom. The van der Waals surface area contributed by atoms with Gasteiger partial charge in [-0.2, -0.15) is 0 Å². The van der Waals surface area contributed by atoms with Crippen LogP contribution in [0.1, 0.15) is 37.0 Å². The number of halogens is 1. The topological polar surface area (TPSA) is 102 Å². The highest BCUT2D eigenvalue weighted by Crippen LogP contribution is 2.29. The van der Waals surface area contributed by atoms with E-state index >= 15 is 0 Å². The van der Waals surface area contributed by atoms with Crippen LogP contribution in [-0.2, 0) is 19.6 Å². The lowest BCUT2D eigenvalue weighted by molar-refractivity contribution is -0.136. The van der Waals surface area contributed by atoms with Crippen LogP contribution in [0.3, 0.4) is 0 Å². The van der Waals surface area contributed by atoms with E-state index in [4.69, 9.17) is 9.47 Å². The van der Waals surface area contributed by atoms with Crippen molar-refractivity contribution in [3.05, 3.63) is 52.5 Å². The fourth-order valence-corrected chi connectivity index (χ4v) is 5.31. The first-order chi connectivity index (χ1) is 15.7. The molecule has 0 saturated carbocycles. The van der Waals surface area contributed by atoms with E-state index in [0.29, 0.717) is 30.1 Å². The number of benzene rings is 2. The molecule has 10 heteroatoms. The average molecular weight is 539 g/mol. The van der Waals surface area contributed by atoms with E-state index in [1.807, 2.05) is 0 Å². The Morgan fingerprint density at radius 3 is 2.58 bits per heavy atom. The lowest BCUT2D eigenvalue weighted by Crippen LogP contribution is -2.41. The van der Waals surface area contributed by atoms with Crippen LogP contribution in [0.4, 0.5) is 5.69 Å². The third-order valence-electron chi connectivity index (χ3n) is 5.20. The van der Waals surface area contributed by atoms with Gasteiger partial charge in [-0.15, -0.1) is 0 Å². The predicted octanol–water partition coefficient (Wildman–Crippen LogP) is 4.06. The molecule has 8 nitrogen and oxygen atoms in total. The molecule has 3 rings (SSSR count). The molecule has 1 atom stereocenters. The number of rotatable bonds is 8. The number of carbonyl (C=O) groups excluding carboxylic acids is 2. The fourth-order valence-electron chi connectivity index (χ4n) is 3.57. The molecule has 0 aromatic heterocycles. The number of sulfonamides is 1. The minimum absolute atomic E-state index is 0.00671. The summed E-state index contributed by atoms with van der Waals surface area (Å²) >= 11 is 3.28. The zero-order chi connectivity index (χ0) is 24.0. The summed E-state index contributed by atoms with van der Waals surface area (Å²) in [6.45, 7) is 5.22. The summed E-state index contributed by atoms with van der Waals surface area (Å²) in [6, 6.07) is 10.5. The number of ether oxygens (including phenoxy) is 2. The summed E-state index contributed by atoms with van der Waals surface area (Å²) in [4.78, 5) is 26.3. The van der Waals surface area contributed by atoms with Crippen LogP contribution < -0.4 is 9.46 Å². The number of carbonyl (C=O) groups is 2. The van der Waals surface area contributed by atoms with Crippen molar-refractivity contribution in [2.75, 3.05) is 31.0 Å². The van der Waals surface area contributed by atoms with Gasteiger partial charge in [-0.3, -0.25) is 9.52 Å². The van der Waals surface area contributed by atoms with Crippen LogP contribution in [0.25, 0.3) is 0 Å². The van der Waals surface area contributed by atoms with Gasteiger partial charge in [0.05, 0.1) is 12.2 Å². The molecule has 178 valence electrons. The van der Waals surface area contributed by atoms with Crippen LogP contribution in [0.15, 0.2) is 51.8 Å². The van der Waals surface area contributed by atoms with Crippen molar-refractivity contribution in [2.45, 2.75) is 31.6 Å². The molecule has 1 N–H and O–H groups in total. The number of amides is 1. The van der Waals surface area contributed by atoms with Crippen molar-refractivity contribution in [2.24, 2.45) is 5.92 Å². The molecule has 1 aliphatic rings. The number of esters is 1. The minimum Gasteiger partial charge on any atom is -0.492 e. The van der Waals surface area contributed by atoms with Gasteiger partial charge in [0, 0.05) is 23.2 Å². The highest BCUT2D eigenvalue weighted by Gasteiger charge is 2.23. The van der Waals surface area contributed by atoms with Crippen LogP contribution in [0, 0.1) is 5.92 Å². The van der Waals surface area contributed by atoms with Gasteiger partial charge in [0.2, 0.25) is 0 Å². The van der Waals surface area contributed by atoms with E-state index in [0.717, 1.165) is 12.8 Å². The molecule has 1 fully saturated rings. The Labute approximate surface area is 202 Å². The van der Waals surface area contributed by atoms with Gasteiger partial charge >= 0.3 is 5.97 Å². The van der Waals surface area contributed by atoms with Crippen molar-refractivity contribution in [1.29, 1.82) is 0 Å². The molecule has 1 heterocycles. The first kappa shape index (κ1) is 25.0. The molecule has 0 aliphatic carbocycles. The average Bonchev–Trinajstić information content (AvgIpc) is 2.78. The zero-order valence-electron chi connectivity index (χ0n) is 18.5. The largest absolute Gasteiger partial charge is 0.492 e. The van der Waals surface area contributed by atoms with E-state index in [-0.39, 0.29) is 34.4 Å². The van der Waals surface area contributed by atoms with Crippen LogP contribution in [0.5, 0.6) is 5.75 Å². The molecule has 1 aliphatic heterocycles. The third-order valence-corrected chi connectivity index (χ3v) is 7.10. The smallest absolute Gasteiger partial charge is 0.338 e. The lowest BCUT2D eigenvalue weighted by atomic mass is 10.0. The van der Waals surface area contributed by atoms with Crippen molar-refractivity contribution in [3.63, 3.8) is 0 Å². The molecule has 0 bridgehead atoms. The molecule has 0 radical (unpaired) electrons. The first-order valence-corrected chi connectivity index (χ1v) is 13.0. The van der Waals surface area contributed by atoms with Gasteiger partial charge in [0.25, 0.3) is 15.9 Å². The highest BCUT2D eigenvalue weighted by atomic mass is 79.9. The van der Waals surface area contributed by atoms with E-state index < -0.39 is 16.0 Å². The molecule has 1 unspecified atom stereocenters. The first-order valence-electron chi connectivity index (χ1n) is 10.7. The number of hydrogen-bond acceptors (Lipinski definition) is 6. The van der Waals surface area contributed by atoms with Gasteiger partial charge in [0.15, 0.2) is 6.61 Å². The summed E-state index contributed by atoms with van der Waals surface area (Å²) in [6.07, 6.45) is 2.04. The number of anilines is 1. The number of nitrogens with one attached hydrogen (secondary N) is 1. The SMILES string of the molecule is CCOc1ccc(Br)cc1S(=O)(=O)Nc1ccc(C(=O)OCC(=O)N2CCCC(C)C2)cc1. The quantitative estimate of drug-likeness (QED) is 0.508. The van der Waals surface area contributed by atoms with Crippen molar-refractivity contribution in [3.8, 4) is 5.75 Å². The van der Waals surface area contributed by atoms with Crippen LogP contribution in [0.2, 0.25) is 0 Å². The third kappa shape index (κ3) is 6.70. The number of nitrogens with zero attached hydrogens (tertiary/aromatic N) is 1. The van der Waals surface area contributed by atoms with Crippen molar-refractivity contribution in [1.82, 2.24) is 4.90 Å². The van der Waals surface area contributed by atoms with Crippen molar-refractivity contribution < 1.29 is 27.5 Å².